The van der Waals surface area contributed by atoms with Crippen molar-refractivity contribution in [3.8, 4) is 84.6 Å². The van der Waals surface area contributed by atoms with E-state index in [0.29, 0.717) is 28.5 Å². The summed E-state index contributed by atoms with van der Waals surface area (Å²) in [7, 11) is 0. The average Bonchev–Trinajstić information content (AvgIpc) is 3.70. The molecule has 0 radical (unpaired) electrons. The lowest BCUT2D eigenvalue weighted by Gasteiger charge is -2.21. The van der Waals surface area contributed by atoms with E-state index in [9.17, 15) is 0 Å². The molecule has 316 valence electrons. The van der Waals surface area contributed by atoms with Crippen LogP contribution in [0.25, 0.3) is 106 Å². The second-order valence-electron chi connectivity index (χ2n) is 16.3. The summed E-state index contributed by atoms with van der Waals surface area (Å²) in [4.78, 5) is 20.6. The van der Waals surface area contributed by atoms with Gasteiger partial charge in [-0.2, -0.15) is 13.2 Å². The zero-order valence-corrected chi connectivity index (χ0v) is 35.6. The van der Waals surface area contributed by atoms with E-state index < -0.39 is 11.7 Å². The molecule has 8 aromatic carbocycles. The number of rotatable bonds is 8. The topological polar surface area (TPSA) is 56.5 Å². The van der Waals surface area contributed by atoms with Gasteiger partial charge in [0.1, 0.15) is 0 Å². The van der Waals surface area contributed by atoms with Crippen LogP contribution in [-0.4, -0.2) is 24.5 Å². The summed E-state index contributed by atoms with van der Waals surface area (Å²) in [6.45, 7) is 2.05. The molecule has 5 nitrogen and oxygen atoms in total. The van der Waals surface area contributed by atoms with Crippen LogP contribution in [0.1, 0.15) is 11.1 Å². The van der Waals surface area contributed by atoms with Gasteiger partial charge in [-0.15, -0.1) is 0 Å². The maximum Gasteiger partial charge on any atom is 0.416 e. The van der Waals surface area contributed by atoms with Gasteiger partial charge in [-0.25, -0.2) is 19.9 Å². The molecule has 0 aliphatic rings. The lowest BCUT2D eigenvalue weighted by molar-refractivity contribution is -0.137. The molecule has 11 aromatic rings. The number of fused-ring (bicyclic) bond motifs is 3. The molecule has 0 unspecified atom stereocenters. The molecule has 8 heteroatoms. The largest absolute Gasteiger partial charge is 0.416 e. The van der Waals surface area contributed by atoms with E-state index >= 15 is 13.2 Å². The molecule has 0 saturated heterocycles. The predicted molar refractivity (Wildman–Crippen MR) is 260 cm³/mol. The molecular formula is C58H38F3N5. The summed E-state index contributed by atoms with van der Waals surface area (Å²) in [5.74, 6) is 0.223. The first-order valence-electron chi connectivity index (χ1n) is 21.6. The number of halogens is 3. The molecule has 0 aliphatic heterocycles. The first-order chi connectivity index (χ1) is 32.2. The van der Waals surface area contributed by atoms with E-state index in [-0.39, 0.29) is 22.8 Å². The van der Waals surface area contributed by atoms with Gasteiger partial charge >= 0.3 is 6.18 Å². The van der Waals surface area contributed by atoms with Crippen molar-refractivity contribution in [2.45, 2.75) is 13.1 Å². The number of benzene rings is 8. The van der Waals surface area contributed by atoms with Crippen LogP contribution in [0.2, 0.25) is 0 Å². The molecule has 66 heavy (non-hydrogen) atoms. The van der Waals surface area contributed by atoms with Crippen LogP contribution in [0, 0.1) is 6.92 Å². The Balaban J connectivity index is 1.31. The number of aromatic nitrogens is 5. The van der Waals surface area contributed by atoms with Crippen molar-refractivity contribution in [1.82, 2.24) is 24.5 Å². The Morgan fingerprint density at radius 3 is 1.20 bits per heavy atom. The first kappa shape index (κ1) is 40.3. The third kappa shape index (κ3) is 7.58. The normalized spacial score (nSPS) is 11.6. The maximum absolute atomic E-state index is 15.7. The Labute approximate surface area is 379 Å². The highest BCUT2D eigenvalue weighted by molar-refractivity contribution is 6.11. The third-order valence-electron chi connectivity index (χ3n) is 11.9. The molecule has 0 aliphatic carbocycles. The second-order valence-corrected chi connectivity index (χ2v) is 16.3. The molecule has 0 N–H and O–H groups in total. The summed E-state index contributed by atoms with van der Waals surface area (Å²) in [5.41, 5.74) is 9.87. The fourth-order valence-electron chi connectivity index (χ4n) is 8.68. The minimum absolute atomic E-state index is 0.112. The standard InChI is InChI=1S/C58H38F3N5/c1-37-26-28-38(29-27-37)43-30-31-46-45-24-14-15-25-53(45)66(54(46)32-43)55-47(56-62-49(39-16-6-2-7-17-39)35-50(63-56)40-18-8-3-9-19-40)33-44(58(59,60)61)34-48(55)57-64-51(41-20-10-4-11-21-41)36-52(65-57)42-22-12-5-13-23-42/h2-36H,1H3. The maximum atomic E-state index is 15.7. The molecule has 0 spiro atoms. The molecule has 0 fully saturated rings. The highest BCUT2D eigenvalue weighted by atomic mass is 19.4. The van der Waals surface area contributed by atoms with Crippen LogP contribution in [0.4, 0.5) is 13.2 Å². The van der Waals surface area contributed by atoms with Crippen molar-refractivity contribution in [3.05, 3.63) is 223 Å². The smallest absolute Gasteiger partial charge is 0.308 e. The van der Waals surface area contributed by atoms with E-state index in [4.69, 9.17) is 19.9 Å². The molecule has 0 atom stereocenters. The van der Waals surface area contributed by atoms with Gasteiger partial charge in [0.15, 0.2) is 11.6 Å². The molecular weight excluding hydrogens is 824 g/mol. The van der Waals surface area contributed by atoms with Gasteiger partial charge < -0.3 is 4.57 Å². The molecule has 3 heterocycles. The third-order valence-corrected chi connectivity index (χ3v) is 11.9. The molecule has 3 aromatic heterocycles. The minimum atomic E-state index is -4.78. The number of nitrogens with zero attached hydrogens (tertiary/aromatic N) is 5. The highest BCUT2D eigenvalue weighted by Gasteiger charge is 2.35. The Morgan fingerprint density at radius 2 is 0.758 bits per heavy atom. The molecule has 0 bridgehead atoms. The minimum Gasteiger partial charge on any atom is -0.308 e. The number of hydrogen-bond donors (Lipinski definition) is 0. The van der Waals surface area contributed by atoms with Gasteiger partial charge in [0, 0.05) is 44.2 Å². The van der Waals surface area contributed by atoms with Crippen LogP contribution in [0.5, 0.6) is 0 Å². The van der Waals surface area contributed by atoms with E-state index in [1.54, 1.807) is 0 Å². The lowest BCUT2D eigenvalue weighted by atomic mass is 9.98. The van der Waals surface area contributed by atoms with Gasteiger partial charge in [0.05, 0.1) is 45.1 Å². The SMILES string of the molecule is Cc1ccc(-c2ccc3c4ccccc4n(-c4c(-c5nc(-c6ccccc6)cc(-c6ccccc6)n5)cc(C(F)(F)F)cc4-c4nc(-c5ccccc5)cc(-c5ccccc5)n4)c3c2)cc1. The lowest BCUT2D eigenvalue weighted by Crippen LogP contribution is -2.11. The van der Waals surface area contributed by atoms with Crippen molar-refractivity contribution in [1.29, 1.82) is 0 Å². The van der Waals surface area contributed by atoms with Gasteiger partial charge in [-0.1, -0.05) is 181 Å². The first-order valence-corrected chi connectivity index (χ1v) is 21.6. The van der Waals surface area contributed by atoms with Gasteiger partial charge in [0.2, 0.25) is 0 Å². The molecule has 0 amide bonds. The Hall–Kier alpha value is -8.49. The monoisotopic (exact) mass is 861 g/mol. The zero-order valence-electron chi connectivity index (χ0n) is 35.6. The van der Waals surface area contributed by atoms with Crippen molar-refractivity contribution in [2.24, 2.45) is 0 Å². The number of para-hydroxylation sites is 1. The summed E-state index contributed by atoms with van der Waals surface area (Å²) in [5, 5.41) is 1.85. The quantitative estimate of drug-likeness (QED) is 0.153. The van der Waals surface area contributed by atoms with E-state index in [1.807, 2.05) is 158 Å². The van der Waals surface area contributed by atoms with Crippen molar-refractivity contribution < 1.29 is 13.2 Å². The van der Waals surface area contributed by atoms with Crippen LogP contribution < -0.4 is 0 Å². The Morgan fingerprint density at radius 1 is 0.364 bits per heavy atom. The number of hydrogen-bond acceptors (Lipinski definition) is 4. The van der Waals surface area contributed by atoms with E-state index in [1.165, 1.54) is 12.1 Å². The van der Waals surface area contributed by atoms with Crippen molar-refractivity contribution in [3.63, 3.8) is 0 Å². The van der Waals surface area contributed by atoms with E-state index in [0.717, 1.165) is 60.8 Å². The van der Waals surface area contributed by atoms with E-state index in [2.05, 4.69) is 54.0 Å². The summed E-state index contributed by atoms with van der Waals surface area (Å²) in [6.07, 6.45) is -4.78. The van der Waals surface area contributed by atoms with Crippen molar-refractivity contribution >= 4 is 21.8 Å². The summed E-state index contributed by atoms with van der Waals surface area (Å²) in [6, 6.07) is 67.2. The molecule has 0 saturated carbocycles. The molecule has 11 rings (SSSR count). The summed E-state index contributed by atoms with van der Waals surface area (Å²) < 4.78 is 49.2. The van der Waals surface area contributed by atoms with Crippen LogP contribution in [0.15, 0.2) is 212 Å². The van der Waals surface area contributed by atoms with Crippen LogP contribution in [-0.2, 0) is 6.18 Å². The van der Waals surface area contributed by atoms with Gasteiger partial charge in [-0.05, 0) is 54.4 Å². The Bertz CT molecular complexity index is 3290. The second kappa shape index (κ2) is 16.6. The van der Waals surface area contributed by atoms with Crippen LogP contribution >= 0.6 is 0 Å². The average molecular weight is 862 g/mol. The van der Waals surface area contributed by atoms with Crippen molar-refractivity contribution in [2.75, 3.05) is 0 Å². The summed E-state index contributed by atoms with van der Waals surface area (Å²) >= 11 is 0. The fourth-order valence-corrected chi connectivity index (χ4v) is 8.68. The zero-order chi connectivity index (χ0) is 44.8. The van der Waals surface area contributed by atoms with Gasteiger partial charge in [0.25, 0.3) is 0 Å². The Kier molecular flexibility index (Phi) is 10.1. The van der Waals surface area contributed by atoms with Crippen LogP contribution in [0.3, 0.4) is 0 Å². The predicted octanol–water partition coefficient (Wildman–Crippen LogP) is 15.4. The number of alkyl halides is 3. The number of aryl methyl sites for hydroxylation is 1. The van der Waals surface area contributed by atoms with Gasteiger partial charge in [-0.3, -0.25) is 0 Å². The highest BCUT2D eigenvalue weighted by Crippen LogP contribution is 2.45. The fraction of sp³-hybridized carbons (Fsp3) is 0.0345.